The van der Waals surface area contributed by atoms with E-state index in [9.17, 15) is 0 Å². The molecular weight excluding hydrogens is 168 g/mol. The van der Waals surface area contributed by atoms with Crippen LogP contribution in [-0.4, -0.2) is 0 Å². The van der Waals surface area contributed by atoms with Gasteiger partial charge in [-0.25, -0.2) is 0 Å². The fourth-order valence-corrected chi connectivity index (χ4v) is 2.10. The third-order valence-electron chi connectivity index (χ3n) is 2.89. The summed E-state index contributed by atoms with van der Waals surface area (Å²) < 4.78 is 0. The zero-order valence-corrected chi connectivity index (χ0v) is 7.96. The number of hydrogen-bond acceptors (Lipinski definition) is 0. The quantitative estimate of drug-likeness (QED) is 0.579. The van der Waals surface area contributed by atoms with Crippen molar-refractivity contribution in [3.05, 3.63) is 60.5 Å². The van der Waals surface area contributed by atoms with Crippen LogP contribution in [-0.2, 0) is 6.42 Å². The molecule has 0 aromatic heterocycles. The van der Waals surface area contributed by atoms with E-state index in [1.54, 1.807) is 0 Å². The van der Waals surface area contributed by atoms with Crippen molar-refractivity contribution in [2.45, 2.75) is 6.42 Å². The molecule has 0 amide bonds. The van der Waals surface area contributed by atoms with Crippen molar-refractivity contribution in [3.8, 4) is 0 Å². The molecule has 0 aliphatic heterocycles. The van der Waals surface area contributed by atoms with Crippen LogP contribution in [0, 0.1) is 6.92 Å². The fraction of sp³-hybridized carbons (Fsp3) is 0.0714. The summed E-state index contributed by atoms with van der Waals surface area (Å²) in [6, 6.07) is 13.0. The Kier molecular flexibility index (Phi) is 1.51. The van der Waals surface area contributed by atoms with E-state index in [0.29, 0.717) is 0 Å². The molecular formula is C14H11. The molecule has 1 aliphatic rings. The van der Waals surface area contributed by atoms with Gasteiger partial charge in [-0.05, 0) is 46.9 Å². The summed E-state index contributed by atoms with van der Waals surface area (Å²) in [5.41, 5.74) is 3.91. The summed E-state index contributed by atoms with van der Waals surface area (Å²) in [4.78, 5) is 0. The first-order chi connectivity index (χ1) is 6.84. The Morgan fingerprint density at radius 3 is 2.50 bits per heavy atom. The zero-order valence-electron chi connectivity index (χ0n) is 7.96. The molecule has 0 atom stereocenters. The first kappa shape index (κ1) is 7.81. The first-order valence-corrected chi connectivity index (χ1v) is 4.89. The van der Waals surface area contributed by atoms with Crippen molar-refractivity contribution < 1.29 is 0 Å². The van der Waals surface area contributed by atoms with Crippen LogP contribution in [0.2, 0.25) is 0 Å². The number of benzene rings is 2. The van der Waals surface area contributed by atoms with Gasteiger partial charge in [0.15, 0.2) is 0 Å². The number of fused-ring (bicyclic) bond motifs is 2. The summed E-state index contributed by atoms with van der Waals surface area (Å²) >= 11 is 0. The Labute approximate surface area is 83.9 Å². The molecule has 0 spiro atoms. The largest absolute Gasteiger partial charge is 0.0763 e. The highest BCUT2D eigenvalue weighted by molar-refractivity contribution is 5.90. The van der Waals surface area contributed by atoms with Gasteiger partial charge in [-0.3, -0.25) is 0 Å². The van der Waals surface area contributed by atoms with E-state index in [0.717, 1.165) is 6.42 Å². The number of hydrogen-bond donors (Lipinski definition) is 0. The molecule has 0 unspecified atom stereocenters. The lowest BCUT2D eigenvalue weighted by Crippen LogP contribution is -1.83. The zero-order chi connectivity index (χ0) is 9.54. The number of allylic oxidation sites excluding steroid dienone is 2. The summed E-state index contributed by atoms with van der Waals surface area (Å²) in [5.74, 6) is 0. The van der Waals surface area contributed by atoms with Crippen LogP contribution in [0.1, 0.15) is 11.1 Å². The van der Waals surface area contributed by atoms with Gasteiger partial charge in [-0.2, -0.15) is 0 Å². The molecule has 0 N–H and O–H groups in total. The Morgan fingerprint density at radius 1 is 1.00 bits per heavy atom. The van der Waals surface area contributed by atoms with E-state index in [2.05, 4.69) is 49.4 Å². The summed E-state index contributed by atoms with van der Waals surface area (Å²) in [6.07, 6.45) is 3.24. The molecule has 0 saturated heterocycles. The standard InChI is InChI=1S/C14H11/c1-10-6-7-13-8-11-4-2-3-5-12(11)9-14(10)13/h2-6,8-9H,1,7H2. The lowest BCUT2D eigenvalue weighted by atomic mass is 10.0. The van der Waals surface area contributed by atoms with Crippen LogP contribution < -0.4 is 0 Å². The minimum atomic E-state index is 1.04. The van der Waals surface area contributed by atoms with E-state index in [-0.39, 0.29) is 0 Å². The molecule has 0 nitrogen and oxygen atoms in total. The molecule has 0 heterocycles. The SMILES string of the molecule is [CH2]C1=CCc2cc3ccccc3cc21. The van der Waals surface area contributed by atoms with Gasteiger partial charge >= 0.3 is 0 Å². The highest BCUT2D eigenvalue weighted by atomic mass is 14.1. The normalized spacial score (nSPS) is 14.2. The van der Waals surface area contributed by atoms with Crippen LogP contribution >= 0.6 is 0 Å². The van der Waals surface area contributed by atoms with Gasteiger partial charge in [0.1, 0.15) is 0 Å². The molecule has 14 heavy (non-hydrogen) atoms. The average molecular weight is 179 g/mol. The van der Waals surface area contributed by atoms with Gasteiger partial charge in [0.25, 0.3) is 0 Å². The fourth-order valence-electron chi connectivity index (χ4n) is 2.10. The van der Waals surface area contributed by atoms with Crippen LogP contribution in [0.3, 0.4) is 0 Å². The van der Waals surface area contributed by atoms with Crippen LogP contribution in [0.5, 0.6) is 0 Å². The predicted molar refractivity (Wildman–Crippen MR) is 61.0 cm³/mol. The Balaban J connectivity index is 2.37. The van der Waals surface area contributed by atoms with Gasteiger partial charge in [-0.1, -0.05) is 36.4 Å². The lowest BCUT2D eigenvalue weighted by molar-refractivity contribution is 1.32. The Hall–Kier alpha value is -1.56. The second kappa shape index (κ2) is 2.71. The lowest BCUT2D eigenvalue weighted by Gasteiger charge is -2.04. The van der Waals surface area contributed by atoms with Gasteiger partial charge in [-0.15, -0.1) is 0 Å². The maximum Gasteiger partial charge on any atom is -0.00851 e. The highest BCUT2D eigenvalue weighted by Gasteiger charge is 2.10. The van der Waals surface area contributed by atoms with E-state index >= 15 is 0 Å². The van der Waals surface area contributed by atoms with Crippen LogP contribution in [0.15, 0.2) is 42.5 Å². The molecule has 1 aliphatic carbocycles. The average Bonchev–Trinajstić information content (AvgIpc) is 2.57. The molecule has 0 fully saturated rings. The van der Waals surface area contributed by atoms with Crippen LogP contribution in [0.25, 0.3) is 16.3 Å². The molecule has 2 aromatic rings. The number of rotatable bonds is 0. The molecule has 2 aromatic carbocycles. The Morgan fingerprint density at radius 2 is 1.71 bits per heavy atom. The van der Waals surface area contributed by atoms with Gasteiger partial charge in [0.05, 0.1) is 0 Å². The summed E-state index contributed by atoms with van der Waals surface area (Å²) in [5, 5.41) is 2.64. The molecule has 0 bridgehead atoms. The van der Waals surface area contributed by atoms with Crippen molar-refractivity contribution in [2.24, 2.45) is 0 Å². The van der Waals surface area contributed by atoms with E-state index in [1.165, 1.54) is 27.5 Å². The van der Waals surface area contributed by atoms with E-state index < -0.39 is 0 Å². The van der Waals surface area contributed by atoms with Crippen molar-refractivity contribution in [2.75, 3.05) is 0 Å². The minimum Gasteiger partial charge on any atom is -0.0763 e. The predicted octanol–water partition coefficient (Wildman–Crippen LogP) is 3.61. The first-order valence-electron chi connectivity index (χ1n) is 4.89. The molecule has 67 valence electrons. The third kappa shape index (κ3) is 1.00. The third-order valence-corrected chi connectivity index (χ3v) is 2.89. The van der Waals surface area contributed by atoms with Crippen molar-refractivity contribution in [3.63, 3.8) is 0 Å². The maximum absolute atomic E-state index is 4.05. The molecule has 0 heteroatoms. The summed E-state index contributed by atoms with van der Waals surface area (Å²) in [6.45, 7) is 4.05. The van der Waals surface area contributed by atoms with E-state index in [4.69, 9.17) is 0 Å². The highest BCUT2D eigenvalue weighted by Crippen LogP contribution is 2.30. The second-order valence-corrected chi connectivity index (χ2v) is 3.79. The van der Waals surface area contributed by atoms with Gasteiger partial charge in [0, 0.05) is 0 Å². The molecule has 0 saturated carbocycles. The Bertz CT molecular complexity index is 533. The van der Waals surface area contributed by atoms with Crippen molar-refractivity contribution in [1.29, 1.82) is 0 Å². The monoisotopic (exact) mass is 179 g/mol. The topological polar surface area (TPSA) is 0 Å². The maximum atomic E-state index is 4.05. The minimum absolute atomic E-state index is 1.04. The van der Waals surface area contributed by atoms with Crippen molar-refractivity contribution >= 4 is 16.3 Å². The van der Waals surface area contributed by atoms with Crippen LogP contribution in [0.4, 0.5) is 0 Å². The van der Waals surface area contributed by atoms with Crippen molar-refractivity contribution in [1.82, 2.24) is 0 Å². The van der Waals surface area contributed by atoms with Gasteiger partial charge in [0.2, 0.25) is 0 Å². The smallest absolute Gasteiger partial charge is 0.00851 e. The van der Waals surface area contributed by atoms with Gasteiger partial charge < -0.3 is 0 Å². The van der Waals surface area contributed by atoms with E-state index in [1.807, 2.05) is 0 Å². The molecule has 3 rings (SSSR count). The summed E-state index contributed by atoms with van der Waals surface area (Å²) in [7, 11) is 0. The molecule has 1 radical (unpaired) electrons. The second-order valence-electron chi connectivity index (χ2n) is 3.79.